The summed E-state index contributed by atoms with van der Waals surface area (Å²) in [5, 5.41) is 11.6. The molecule has 2 aromatic carbocycles. The summed E-state index contributed by atoms with van der Waals surface area (Å²) in [4.78, 5) is 12.6. The van der Waals surface area contributed by atoms with Crippen molar-refractivity contribution in [2.24, 2.45) is 0 Å². The van der Waals surface area contributed by atoms with Crippen molar-refractivity contribution in [3.05, 3.63) is 58.1 Å². The van der Waals surface area contributed by atoms with E-state index >= 15 is 0 Å². The highest BCUT2D eigenvalue weighted by atomic mass is 32.2. The second-order valence-corrected chi connectivity index (χ2v) is 8.75. The molecule has 27 heavy (non-hydrogen) atoms. The summed E-state index contributed by atoms with van der Waals surface area (Å²) < 4.78 is 29.9. The Morgan fingerprint density at radius 3 is 2.30 bits per heavy atom. The molecule has 1 fully saturated rings. The van der Waals surface area contributed by atoms with E-state index in [9.17, 15) is 18.5 Å². The number of aryl methyl sites for hydroxylation is 1. The summed E-state index contributed by atoms with van der Waals surface area (Å²) in [5.74, 6) is 0.809. The lowest BCUT2D eigenvalue weighted by atomic mass is 10.1. The van der Waals surface area contributed by atoms with Crippen molar-refractivity contribution in [2.75, 3.05) is 24.2 Å². The van der Waals surface area contributed by atoms with Gasteiger partial charge >= 0.3 is 5.69 Å². The van der Waals surface area contributed by atoms with Crippen molar-refractivity contribution in [3.63, 3.8) is 0 Å². The van der Waals surface area contributed by atoms with E-state index in [1.807, 2.05) is 36.1 Å². The van der Waals surface area contributed by atoms with E-state index in [2.05, 4.69) is 0 Å². The number of benzene rings is 2. The van der Waals surface area contributed by atoms with Crippen LogP contribution in [0.25, 0.3) is 0 Å². The quantitative estimate of drug-likeness (QED) is 0.574. The Labute approximate surface area is 158 Å². The van der Waals surface area contributed by atoms with Crippen molar-refractivity contribution < 1.29 is 18.1 Å². The first kappa shape index (κ1) is 19.2. The summed E-state index contributed by atoms with van der Waals surface area (Å²) in [6.45, 7) is 3.13. The van der Waals surface area contributed by atoms with Crippen molar-refractivity contribution in [2.45, 2.75) is 30.8 Å². The number of anilines is 1. The third-order valence-corrected chi connectivity index (χ3v) is 5.79. The molecule has 0 radical (unpaired) electrons. The highest BCUT2D eigenvalue weighted by molar-refractivity contribution is 7.90. The number of nitro benzene ring substituents is 1. The highest BCUT2D eigenvalue weighted by Crippen LogP contribution is 2.36. The molecule has 0 bridgehead atoms. The molecule has 1 saturated heterocycles. The fourth-order valence-electron chi connectivity index (χ4n) is 3.27. The maximum atomic E-state index is 11.9. The summed E-state index contributed by atoms with van der Waals surface area (Å²) in [5.41, 5.74) is 1.16. The molecule has 7 nitrogen and oxygen atoms in total. The average Bonchev–Trinajstić information content (AvgIpc) is 2.63. The summed E-state index contributed by atoms with van der Waals surface area (Å²) >= 11 is 0. The molecule has 3 rings (SSSR count). The third kappa shape index (κ3) is 4.39. The third-order valence-electron chi connectivity index (χ3n) is 4.67. The van der Waals surface area contributed by atoms with Gasteiger partial charge in [-0.2, -0.15) is 0 Å². The van der Waals surface area contributed by atoms with Gasteiger partial charge in [-0.05, 0) is 31.2 Å². The molecule has 0 N–H and O–H groups in total. The smallest absolute Gasteiger partial charge is 0.311 e. The summed E-state index contributed by atoms with van der Waals surface area (Å²) in [6, 6.07) is 12.3. The van der Waals surface area contributed by atoms with Crippen LogP contribution in [-0.2, 0) is 9.84 Å². The minimum absolute atomic E-state index is 0.0288. The average molecular weight is 390 g/mol. The molecule has 0 aliphatic carbocycles. The molecular formula is C19H22N2O5S. The fourth-order valence-corrected chi connectivity index (χ4v) is 4.13. The van der Waals surface area contributed by atoms with Gasteiger partial charge in [-0.3, -0.25) is 10.1 Å². The molecule has 144 valence electrons. The number of para-hydroxylation sites is 1. The molecule has 1 aliphatic rings. The molecule has 0 unspecified atom stereocenters. The van der Waals surface area contributed by atoms with E-state index in [1.165, 1.54) is 6.07 Å². The largest absolute Gasteiger partial charge is 0.490 e. The van der Waals surface area contributed by atoms with Gasteiger partial charge in [0.2, 0.25) is 0 Å². The monoisotopic (exact) mass is 390 g/mol. The van der Waals surface area contributed by atoms with Crippen LogP contribution in [0.4, 0.5) is 11.4 Å². The van der Waals surface area contributed by atoms with E-state index < -0.39 is 14.8 Å². The number of sulfone groups is 1. The molecule has 0 aromatic heterocycles. The zero-order valence-corrected chi connectivity index (χ0v) is 16.1. The minimum Gasteiger partial charge on any atom is -0.490 e. The van der Waals surface area contributed by atoms with Crippen LogP contribution in [0, 0.1) is 17.0 Å². The van der Waals surface area contributed by atoms with Gasteiger partial charge in [0, 0.05) is 32.2 Å². The van der Waals surface area contributed by atoms with Crippen molar-refractivity contribution in [1.82, 2.24) is 0 Å². The van der Waals surface area contributed by atoms with Crippen LogP contribution < -0.4 is 9.64 Å². The second-order valence-electron chi connectivity index (χ2n) is 6.77. The van der Waals surface area contributed by atoms with Crippen LogP contribution >= 0.6 is 0 Å². The van der Waals surface area contributed by atoms with Gasteiger partial charge in [0.05, 0.1) is 4.92 Å². The molecule has 0 amide bonds. The van der Waals surface area contributed by atoms with Crippen LogP contribution in [0.5, 0.6) is 5.75 Å². The van der Waals surface area contributed by atoms with Crippen LogP contribution in [0.1, 0.15) is 18.4 Å². The first-order valence-corrected chi connectivity index (χ1v) is 10.6. The number of rotatable bonds is 5. The molecular weight excluding hydrogens is 368 g/mol. The van der Waals surface area contributed by atoms with Crippen LogP contribution in [0.3, 0.4) is 0 Å². The van der Waals surface area contributed by atoms with E-state index in [0.717, 1.165) is 17.6 Å². The molecule has 0 spiro atoms. The van der Waals surface area contributed by atoms with E-state index in [-0.39, 0.29) is 16.7 Å². The lowest BCUT2D eigenvalue weighted by Gasteiger charge is -2.33. The van der Waals surface area contributed by atoms with Gasteiger partial charge in [0.25, 0.3) is 0 Å². The Morgan fingerprint density at radius 1 is 1.11 bits per heavy atom. The van der Waals surface area contributed by atoms with Gasteiger partial charge < -0.3 is 9.64 Å². The topological polar surface area (TPSA) is 89.8 Å². The number of nitro groups is 1. The Morgan fingerprint density at radius 2 is 1.74 bits per heavy atom. The maximum absolute atomic E-state index is 11.9. The van der Waals surface area contributed by atoms with Gasteiger partial charge in [-0.25, -0.2) is 8.42 Å². The number of hydrogen-bond donors (Lipinski definition) is 0. The minimum atomic E-state index is -3.69. The number of hydrogen-bond acceptors (Lipinski definition) is 6. The Hall–Kier alpha value is -2.61. The highest BCUT2D eigenvalue weighted by Gasteiger charge is 2.31. The van der Waals surface area contributed by atoms with Gasteiger partial charge in [0.15, 0.2) is 9.84 Å². The second kappa shape index (κ2) is 7.56. The first-order valence-electron chi connectivity index (χ1n) is 8.71. The van der Waals surface area contributed by atoms with Crippen molar-refractivity contribution in [3.8, 4) is 5.75 Å². The molecule has 1 heterocycles. The molecule has 0 saturated carbocycles. The zero-order valence-electron chi connectivity index (χ0n) is 15.3. The van der Waals surface area contributed by atoms with Gasteiger partial charge in [-0.15, -0.1) is 0 Å². The Kier molecular flexibility index (Phi) is 5.36. The van der Waals surface area contributed by atoms with E-state index in [4.69, 9.17) is 4.74 Å². The van der Waals surface area contributed by atoms with Crippen molar-refractivity contribution >= 4 is 21.2 Å². The van der Waals surface area contributed by atoms with Gasteiger partial charge in [-0.1, -0.05) is 23.8 Å². The van der Waals surface area contributed by atoms with Crippen LogP contribution in [-0.4, -0.2) is 38.8 Å². The predicted molar refractivity (Wildman–Crippen MR) is 103 cm³/mol. The summed E-state index contributed by atoms with van der Waals surface area (Å²) in [7, 11) is -3.69. The number of ether oxygens (including phenoxy) is 1. The summed E-state index contributed by atoms with van der Waals surface area (Å²) in [6.07, 6.45) is 2.42. The van der Waals surface area contributed by atoms with Gasteiger partial charge in [0.1, 0.15) is 22.4 Å². The Bertz CT molecular complexity index is 933. The molecule has 2 aromatic rings. The number of piperidine rings is 1. The normalized spacial score (nSPS) is 15.6. The molecule has 8 heteroatoms. The fraction of sp³-hybridized carbons (Fsp3) is 0.368. The van der Waals surface area contributed by atoms with Crippen LogP contribution in [0.15, 0.2) is 47.4 Å². The lowest BCUT2D eigenvalue weighted by Crippen LogP contribution is -2.38. The zero-order chi connectivity index (χ0) is 19.6. The SMILES string of the molecule is Cc1ccc(OC2CCN(c3cccc(S(C)(=O)=O)c3[N+](=O)[O-])CC2)cc1. The number of nitrogens with zero attached hydrogens (tertiary/aromatic N) is 2. The molecule has 1 aliphatic heterocycles. The van der Waals surface area contributed by atoms with Crippen molar-refractivity contribution in [1.29, 1.82) is 0 Å². The first-order chi connectivity index (χ1) is 12.8. The van der Waals surface area contributed by atoms with E-state index in [0.29, 0.717) is 31.6 Å². The maximum Gasteiger partial charge on any atom is 0.311 e. The van der Waals surface area contributed by atoms with E-state index in [1.54, 1.807) is 12.1 Å². The Balaban J connectivity index is 1.76. The molecule has 0 atom stereocenters. The van der Waals surface area contributed by atoms with Crippen LogP contribution in [0.2, 0.25) is 0 Å². The predicted octanol–water partition coefficient (Wildman–Crippen LogP) is 3.35. The lowest BCUT2D eigenvalue weighted by molar-refractivity contribution is -0.387. The standard InChI is InChI=1S/C19H22N2O5S/c1-14-6-8-15(9-7-14)26-16-10-12-20(13-11-16)17-4-3-5-18(27(2,24)25)19(17)21(22)23/h3-9,16H,10-13H2,1-2H3.